The van der Waals surface area contributed by atoms with Crippen molar-refractivity contribution >= 4 is 23.4 Å². The highest BCUT2D eigenvalue weighted by Gasteiger charge is 2.06. The largest absolute Gasteiger partial charge is 0.462 e. The molecule has 0 saturated heterocycles. The van der Waals surface area contributed by atoms with Crippen LogP contribution in [0.5, 0.6) is 0 Å². The number of ether oxygens (including phenoxy) is 1. The molecule has 1 aromatic heterocycles. The molecule has 0 fully saturated rings. The van der Waals surface area contributed by atoms with Gasteiger partial charge in [-0.15, -0.1) is 5.10 Å². The second-order valence-corrected chi connectivity index (χ2v) is 5.36. The molecule has 0 saturated carbocycles. The highest BCUT2D eigenvalue weighted by atomic mass is 16.5. The molecule has 0 bridgehead atoms. The molecule has 122 valence electrons. The molecule has 0 atom stereocenters. The SMILES string of the molecule is CCOC(=O)c1ccc(Nc2nncc(NCC(C)C)n2)cc1. The van der Waals surface area contributed by atoms with Gasteiger partial charge in [-0.1, -0.05) is 13.8 Å². The van der Waals surface area contributed by atoms with E-state index < -0.39 is 0 Å². The first-order chi connectivity index (χ1) is 11.1. The van der Waals surface area contributed by atoms with Crippen LogP contribution in [0.25, 0.3) is 0 Å². The molecular weight excluding hydrogens is 294 g/mol. The highest BCUT2D eigenvalue weighted by Crippen LogP contribution is 2.15. The molecule has 0 aliphatic rings. The second-order valence-electron chi connectivity index (χ2n) is 5.36. The molecule has 2 N–H and O–H groups in total. The molecule has 0 unspecified atom stereocenters. The third kappa shape index (κ3) is 5.21. The van der Waals surface area contributed by atoms with Crippen molar-refractivity contribution in [2.75, 3.05) is 23.8 Å². The van der Waals surface area contributed by atoms with Crippen LogP contribution in [0, 0.1) is 5.92 Å². The van der Waals surface area contributed by atoms with Crippen molar-refractivity contribution in [3.8, 4) is 0 Å². The zero-order valence-corrected chi connectivity index (χ0v) is 13.5. The van der Waals surface area contributed by atoms with E-state index in [9.17, 15) is 4.79 Å². The standard InChI is InChI=1S/C16H21N5O2/c1-4-23-15(22)12-5-7-13(8-6-12)19-16-20-14(10-18-21-16)17-9-11(2)3/h5-8,10-11H,4,9H2,1-3H3,(H2,17,19,20,21). The van der Waals surface area contributed by atoms with Gasteiger partial charge in [0.1, 0.15) is 0 Å². The van der Waals surface area contributed by atoms with E-state index in [1.54, 1.807) is 37.4 Å². The van der Waals surface area contributed by atoms with Crippen LogP contribution in [0.4, 0.5) is 17.5 Å². The molecule has 1 heterocycles. The summed E-state index contributed by atoms with van der Waals surface area (Å²) in [6, 6.07) is 6.91. The summed E-state index contributed by atoms with van der Waals surface area (Å²) in [4.78, 5) is 15.9. The number of esters is 1. The molecule has 0 aliphatic carbocycles. The first-order valence-corrected chi connectivity index (χ1v) is 7.56. The fraction of sp³-hybridized carbons (Fsp3) is 0.375. The van der Waals surface area contributed by atoms with E-state index in [1.807, 2.05) is 0 Å². The number of nitrogens with zero attached hydrogens (tertiary/aromatic N) is 3. The molecule has 7 heteroatoms. The predicted octanol–water partition coefficient (Wildman–Crippen LogP) is 2.86. The Kier molecular flexibility index (Phi) is 5.85. The van der Waals surface area contributed by atoms with Crippen LogP contribution in [-0.2, 0) is 4.74 Å². The summed E-state index contributed by atoms with van der Waals surface area (Å²) in [5.74, 6) is 1.23. The topological polar surface area (TPSA) is 89.0 Å². The Morgan fingerprint density at radius 2 is 2.00 bits per heavy atom. The number of hydrogen-bond donors (Lipinski definition) is 2. The van der Waals surface area contributed by atoms with Crippen LogP contribution in [0.2, 0.25) is 0 Å². The average molecular weight is 315 g/mol. The van der Waals surface area contributed by atoms with Gasteiger partial charge < -0.3 is 15.4 Å². The molecule has 0 radical (unpaired) electrons. The van der Waals surface area contributed by atoms with E-state index in [0.29, 0.717) is 29.9 Å². The van der Waals surface area contributed by atoms with E-state index in [2.05, 4.69) is 39.7 Å². The number of carbonyl (C=O) groups excluding carboxylic acids is 1. The summed E-state index contributed by atoms with van der Waals surface area (Å²) in [5, 5.41) is 14.1. The summed E-state index contributed by atoms with van der Waals surface area (Å²) in [5.41, 5.74) is 1.27. The van der Waals surface area contributed by atoms with E-state index >= 15 is 0 Å². The highest BCUT2D eigenvalue weighted by molar-refractivity contribution is 5.89. The third-order valence-corrected chi connectivity index (χ3v) is 2.90. The van der Waals surface area contributed by atoms with Crippen LogP contribution in [0.15, 0.2) is 30.5 Å². The van der Waals surface area contributed by atoms with Crippen LogP contribution >= 0.6 is 0 Å². The molecule has 1 aromatic carbocycles. The molecule has 0 aliphatic heterocycles. The molecule has 0 spiro atoms. The number of rotatable bonds is 7. The number of benzene rings is 1. The van der Waals surface area contributed by atoms with Crippen molar-refractivity contribution in [3.63, 3.8) is 0 Å². The van der Waals surface area contributed by atoms with Gasteiger partial charge in [0.15, 0.2) is 5.82 Å². The number of carbonyl (C=O) groups is 1. The van der Waals surface area contributed by atoms with Crippen molar-refractivity contribution in [2.45, 2.75) is 20.8 Å². The van der Waals surface area contributed by atoms with E-state index in [4.69, 9.17) is 4.74 Å². The van der Waals surface area contributed by atoms with Crippen LogP contribution in [0.1, 0.15) is 31.1 Å². The zero-order valence-electron chi connectivity index (χ0n) is 13.5. The van der Waals surface area contributed by atoms with Crippen molar-refractivity contribution in [1.82, 2.24) is 15.2 Å². The van der Waals surface area contributed by atoms with Crippen molar-refractivity contribution in [2.24, 2.45) is 5.92 Å². The minimum Gasteiger partial charge on any atom is -0.462 e. The number of aromatic nitrogens is 3. The third-order valence-electron chi connectivity index (χ3n) is 2.90. The minimum atomic E-state index is -0.336. The fourth-order valence-electron chi connectivity index (χ4n) is 1.78. The van der Waals surface area contributed by atoms with Gasteiger partial charge in [0.2, 0.25) is 5.95 Å². The maximum Gasteiger partial charge on any atom is 0.338 e. The van der Waals surface area contributed by atoms with Gasteiger partial charge in [0.25, 0.3) is 0 Å². The molecule has 23 heavy (non-hydrogen) atoms. The Labute approximate surface area is 135 Å². The second kappa shape index (κ2) is 8.07. The van der Waals surface area contributed by atoms with E-state index in [1.165, 1.54) is 0 Å². The maximum atomic E-state index is 11.6. The van der Waals surface area contributed by atoms with Crippen LogP contribution < -0.4 is 10.6 Å². The predicted molar refractivity (Wildman–Crippen MR) is 88.8 cm³/mol. The lowest BCUT2D eigenvalue weighted by atomic mass is 10.2. The van der Waals surface area contributed by atoms with Crippen LogP contribution in [-0.4, -0.2) is 34.3 Å². The smallest absolute Gasteiger partial charge is 0.338 e. The summed E-state index contributed by atoms with van der Waals surface area (Å²) >= 11 is 0. The van der Waals surface area contributed by atoms with Crippen molar-refractivity contribution in [1.29, 1.82) is 0 Å². The summed E-state index contributed by atoms with van der Waals surface area (Å²) < 4.78 is 4.95. The Balaban J connectivity index is 2.01. The number of nitrogens with one attached hydrogen (secondary N) is 2. The van der Waals surface area contributed by atoms with E-state index in [-0.39, 0.29) is 5.97 Å². The number of anilines is 3. The van der Waals surface area contributed by atoms with E-state index in [0.717, 1.165) is 12.2 Å². The molecule has 7 nitrogen and oxygen atoms in total. The van der Waals surface area contributed by atoms with Crippen molar-refractivity contribution in [3.05, 3.63) is 36.0 Å². The molecular formula is C16H21N5O2. The summed E-state index contributed by atoms with van der Waals surface area (Å²) in [6.07, 6.45) is 1.58. The summed E-state index contributed by atoms with van der Waals surface area (Å²) in [6.45, 7) is 7.18. The van der Waals surface area contributed by atoms with Gasteiger partial charge in [-0.05, 0) is 37.1 Å². The van der Waals surface area contributed by atoms with Gasteiger partial charge in [0, 0.05) is 12.2 Å². The Morgan fingerprint density at radius 1 is 1.26 bits per heavy atom. The van der Waals surface area contributed by atoms with Gasteiger partial charge in [0.05, 0.1) is 18.4 Å². The zero-order chi connectivity index (χ0) is 16.7. The fourth-order valence-corrected chi connectivity index (χ4v) is 1.78. The lowest BCUT2D eigenvalue weighted by Gasteiger charge is -2.09. The first kappa shape index (κ1) is 16.7. The average Bonchev–Trinajstić information content (AvgIpc) is 2.54. The monoisotopic (exact) mass is 315 g/mol. The van der Waals surface area contributed by atoms with Gasteiger partial charge >= 0.3 is 5.97 Å². The van der Waals surface area contributed by atoms with Crippen LogP contribution in [0.3, 0.4) is 0 Å². The lowest BCUT2D eigenvalue weighted by Crippen LogP contribution is -2.11. The Morgan fingerprint density at radius 3 is 2.65 bits per heavy atom. The molecule has 2 aromatic rings. The van der Waals surface area contributed by atoms with Gasteiger partial charge in [-0.3, -0.25) is 0 Å². The maximum absolute atomic E-state index is 11.6. The van der Waals surface area contributed by atoms with Crippen molar-refractivity contribution < 1.29 is 9.53 Å². The molecule has 2 rings (SSSR count). The minimum absolute atomic E-state index is 0.336. The summed E-state index contributed by atoms with van der Waals surface area (Å²) in [7, 11) is 0. The molecule has 0 amide bonds. The normalized spacial score (nSPS) is 10.4. The Bertz CT molecular complexity index is 643. The number of hydrogen-bond acceptors (Lipinski definition) is 7. The van der Waals surface area contributed by atoms with Gasteiger partial charge in [-0.2, -0.15) is 10.1 Å². The quantitative estimate of drug-likeness (QED) is 0.759. The van der Waals surface area contributed by atoms with Gasteiger partial charge in [-0.25, -0.2) is 4.79 Å². The Hall–Kier alpha value is -2.70. The first-order valence-electron chi connectivity index (χ1n) is 7.56. The lowest BCUT2D eigenvalue weighted by molar-refractivity contribution is 0.0526.